The lowest BCUT2D eigenvalue weighted by molar-refractivity contribution is -0.129. The van der Waals surface area contributed by atoms with Crippen LogP contribution in [0.25, 0.3) is 0 Å². The van der Waals surface area contributed by atoms with Crippen LogP contribution in [0.1, 0.15) is 12.8 Å². The van der Waals surface area contributed by atoms with Crippen molar-refractivity contribution in [1.29, 1.82) is 0 Å². The van der Waals surface area contributed by atoms with Crippen molar-refractivity contribution in [3.63, 3.8) is 0 Å². The first kappa shape index (κ1) is 10.6. The Balaban J connectivity index is 2.36. The summed E-state index contributed by atoms with van der Waals surface area (Å²) in [7, 11) is 0. The predicted molar refractivity (Wildman–Crippen MR) is 49.4 cm³/mol. The van der Waals surface area contributed by atoms with Gasteiger partial charge in [-0.3, -0.25) is 4.79 Å². The molecule has 1 saturated heterocycles. The van der Waals surface area contributed by atoms with E-state index in [0.717, 1.165) is 12.8 Å². The number of hydrogen-bond donors (Lipinski definition) is 2. The molecule has 0 bridgehead atoms. The van der Waals surface area contributed by atoms with Crippen molar-refractivity contribution in [3.8, 4) is 0 Å². The molecule has 1 atom stereocenters. The lowest BCUT2D eigenvalue weighted by atomic mass is 10.1. The van der Waals surface area contributed by atoms with Gasteiger partial charge in [-0.15, -0.1) is 0 Å². The molecule has 0 radical (unpaired) electrons. The van der Waals surface area contributed by atoms with Gasteiger partial charge in [-0.25, -0.2) is 4.21 Å². The third-order valence-corrected chi connectivity index (χ3v) is 2.63. The lowest BCUT2D eigenvalue weighted by Crippen LogP contribution is -2.44. The van der Waals surface area contributed by atoms with Gasteiger partial charge in [0.15, 0.2) is 11.1 Å². The Hall–Kier alpha value is -0.460. The fourth-order valence-corrected chi connectivity index (χ4v) is 1.74. The molecule has 1 heterocycles. The number of hydrogen-bond acceptors (Lipinski definition) is 3. The summed E-state index contributed by atoms with van der Waals surface area (Å²) >= 11 is -2.03. The van der Waals surface area contributed by atoms with Gasteiger partial charge in [0.2, 0.25) is 5.91 Å². The Morgan fingerprint density at radius 1 is 1.54 bits per heavy atom. The Morgan fingerprint density at radius 2 is 2.08 bits per heavy atom. The van der Waals surface area contributed by atoms with E-state index in [1.807, 2.05) is 0 Å². The summed E-state index contributed by atoms with van der Waals surface area (Å²) in [6.07, 6.45) is 1.56. The van der Waals surface area contributed by atoms with E-state index in [9.17, 15) is 9.00 Å². The summed E-state index contributed by atoms with van der Waals surface area (Å²) in [4.78, 5) is 12.8. The molecule has 1 rings (SSSR count). The molecule has 6 heteroatoms. The Morgan fingerprint density at radius 3 is 2.54 bits per heavy atom. The van der Waals surface area contributed by atoms with Gasteiger partial charge < -0.3 is 15.2 Å². The van der Waals surface area contributed by atoms with Gasteiger partial charge in [-0.2, -0.15) is 0 Å². The van der Waals surface area contributed by atoms with Crippen molar-refractivity contribution in [1.82, 2.24) is 4.90 Å². The van der Waals surface area contributed by atoms with Crippen LogP contribution < -0.4 is 5.73 Å². The maximum absolute atomic E-state index is 11.2. The molecular formula is C7H14N2O3S. The van der Waals surface area contributed by atoms with E-state index in [-0.39, 0.29) is 17.7 Å². The molecule has 76 valence electrons. The predicted octanol–water partition coefficient (Wildman–Crippen LogP) is -0.842. The van der Waals surface area contributed by atoms with Gasteiger partial charge in [-0.1, -0.05) is 0 Å². The van der Waals surface area contributed by atoms with E-state index >= 15 is 0 Å². The van der Waals surface area contributed by atoms with Crippen LogP contribution in [-0.4, -0.2) is 44.5 Å². The van der Waals surface area contributed by atoms with Gasteiger partial charge in [0.25, 0.3) is 0 Å². The summed E-state index contributed by atoms with van der Waals surface area (Å²) in [5, 5.41) is 0. The van der Waals surface area contributed by atoms with Gasteiger partial charge >= 0.3 is 0 Å². The number of likely N-dealkylation sites (tertiary alicyclic amines) is 1. The molecule has 1 aliphatic heterocycles. The summed E-state index contributed by atoms with van der Waals surface area (Å²) in [6, 6.07) is 0.170. The quantitative estimate of drug-likeness (QED) is 0.577. The summed E-state index contributed by atoms with van der Waals surface area (Å²) in [5.41, 5.74) is 5.65. The van der Waals surface area contributed by atoms with Crippen LogP contribution in [0.2, 0.25) is 0 Å². The minimum atomic E-state index is -2.03. The molecule has 0 aromatic carbocycles. The van der Waals surface area contributed by atoms with Crippen molar-refractivity contribution >= 4 is 17.0 Å². The molecule has 0 aromatic rings. The highest BCUT2D eigenvalue weighted by Gasteiger charge is 2.21. The van der Waals surface area contributed by atoms with Crippen molar-refractivity contribution in [2.75, 3.05) is 18.8 Å². The maximum atomic E-state index is 11.2. The van der Waals surface area contributed by atoms with Crippen LogP contribution >= 0.6 is 0 Å². The molecule has 0 saturated carbocycles. The van der Waals surface area contributed by atoms with Gasteiger partial charge in [0, 0.05) is 19.1 Å². The maximum Gasteiger partial charge on any atom is 0.237 e. The van der Waals surface area contributed by atoms with Crippen LogP contribution in [0, 0.1) is 0 Å². The van der Waals surface area contributed by atoms with Gasteiger partial charge in [-0.05, 0) is 12.8 Å². The molecule has 1 fully saturated rings. The van der Waals surface area contributed by atoms with Crippen LogP contribution in [0.4, 0.5) is 0 Å². The van der Waals surface area contributed by atoms with Crippen molar-refractivity contribution < 1.29 is 13.6 Å². The topological polar surface area (TPSA) is 83.6 Å². The van der Waals surface area contributed by atoms with Gasteiger partial charge in [0.05, 0.1) is 0 Å². The zero-order chi connectivity index (χ0) is 9.84. The minimum absolute atomic E-state index is 0.170. The highest BCUT2D eigenvalue weighted by molar-refractivity contribution is 7.80. The molecule has 0 aromatic heterocycles. The largest absolute Gasteiger partial charge is 0.342 e. The number of carbonyl (C=O) groups is 1. The molecule has 1 unspecified atom stereocenters. The van der Waals surface area contributed by atoms with Crippen LogP contribution in [0.5, 0.6) is 0 Å². The molecule has 0 aliphatic carbocycles. The van der Waals surface area contributed by atoms with Crippen molar-refractivity contribution in [2.24, 2.45) is 5.73 Å². The molecule has 3 N–H and O–H groups in total. The molecule has 13 heavy (non-hydrogen) atoms. The SMILES string of the molecule is NC1CCN(C(=O)CS(=O)O)CC1. The number of piperidine rings is 1. The average Bonchev–Trinajstić information content (AvgIpc) is 2.04. The smallest absolute Gasteiger partial charge is 0.237 e. The zero-order valence-corrected chi connectivity index (χ0v) is 8.13. The normalized spacial score (nSPS) is 21.5. The summed E-state index contributed by atoms with van der Waals surface area (Å²) in [5.74, 6) is -0.553. The second kappa shape index (κ2) is 4.69. The van der Waals surface area contributed by atoms with E-state index in [4.69, 9.17) is 10.3 Å². The van der Waals surface area contributed by atoms with Crippen molar-refractivity contribution in [2.45, 2.75) is 18.9 Å². The standard InChI is InChI=1S/C7H14N2O3S/c8-6-1-3-9(4-2-6)7(10)5-13(11)12/h6H,1-5,8H2,(H,11,12). The Bertz CT molecular complexity index is 214. The molecular weight excluding hydrogens is 192 g/mol. The van der Waals surface area contributed by atoms with E-state index in [0.29, 0.717) is 13.1 Å². The first-order valence-corrected chi connectivity index (χ1v) is 5.48. The van der Waals surface area contributed by atoms with E-state index in [1.54, 1.807) is 4.90 Å². The third-order valence-electron chi connectivity index (χ3n) is 2.14. The van der Waals surface area contributed by atoms with E-state index in [2.05, 4.69) is 0 Å². The summed E-state index contributed by atoms with van der Waals surface area (Å²) in [6.45, 7) is 1.22. The number of amides is 1. The van der Waals surface area contributed by atoms with Crippen molar-refractivity contribution in [3.05, 3.63) is 0 Å². The number of carbonyl (C=O) groups excluding carboxylic acids is 1. The number of nitrogens with zero attached hydrogens (tertiary/aromatic N) is 1. The zero-order valence-electron chi connectivity index (χ0n) is 7.31. The molecule has 1 amide bonds. The monoisotopic (exact) mass is 206 g/mol. The second-order valence-electron chi connectivity index (χ2n) is 3.18. The number of nitrogens with two attached hydrogens (primary N) is 1. The van der Waals surface area contributed by atoms with Crippen LogP contribution in [0.3, 0.4) is 0 Å². The van der Waals surface area contributed by atoms with E-state index < -0.39 is 11.1 Å². The first-order valence-electron chi connectivity index (χ1n) is 4.20. The third kappa shape index (κ3) is 3.41. The average molecular weight is 206 g/mol. The fraction of sp³-hybridized carbons (Fsp3) is 0.857. The fourth-order valence-electron chi connectivity index (χ4n) is 1.35. The molecule has 1 aliphatic rings. The highest BCUT2D eigenvalue weighted by atomic mass is 32.2. The second-order valence-corrected chi connectivity index (χ2v) is 4.12. The minimum Gasteiger partial charge on any atom is -0.342 e. The first-order chi connectivity index (χ1) is 6.09. The Kier molecular flexibility index (Phi) is 3.83. The van der Waals surface area contributed by atoms with E-state index in [1.165, 1.54) is 0 Å². The lowest BCUT2D eigenvalue weighted by Gasteiger charge is -2.29. The number of rotatable bonds is 2. The molecule has 5 nitrogen and oxygen atoms in total. The Labute approximate surface area is 79.6 Å². The molecule has 0 spiro atoms. The van der Waals surface area contributed by atoms with Crippen LogP contribution in [-0.2, 0) is 15.9 Å². The van der Waals surface area contributed by atoms with Crippen LogP contribution in [0.15, 0.2) is 0 Å². The highest BCUT2D eigenvalue weighted by Crippen LogP contribution is 2.08. The van der Waals surface area contributed by atoms with Gasteiger partial charge in [0.1, 0.15) is 5.75 Å². The summed E-state index contributed by atoms with van der Waals surface area (Å²) < 4.78 is 18.9.